The average molecular weight is 846 g/mol. The topological polar surface area (TPSA) is 170 Å². The maximum Gasteiger partial charge on any atom is 0.329 e. The van der Waals surface area contributed by atoms with Gasteiger partial charge in [-0.05, 0) is 86.5 Å². The highest BCUT2D eigenvalue weighted by atomic mass is 16.6. The standard InChI is InChI=1S/C45H67N9O7/c1-3-4-15-46-44-48-31-37-36(30-47-42(37)50-44)35-10-7-34(8-11-35)32-53-18-16-52(17-19-53)20-22-59-24-26-61-28-27-60-25-23-58-21-5-6-33-9-12-38-40(29-33)51(2)45(57)54(38)39-13-14-41(55)49-43(39)56/h9,12,29-31,34-35,39H,3-8,10-11,13-28,32H2,1-2H3,(H,49,55,56)(H2,46,47,48,50)/t34-,35+,39-/m0/s1. The van der Waals surface area contributed by atoms with Crippen molar-refractivity contribution in [1.29, 1.82) is 0 Å². The van der Waals surface area contributed by atoms with Gasteiger partial charge in [0.2, 0.25) is 17.8 Å². The monoisotopic (exact) mass is 846 g/mol. The number of hydrogen-bond acceptors (Lipinski definition) is 12. The largest absolute Gasteiger partial charge is 0.379 e. The summed E-state index contributed by atoms with van der Waals surface area (Å²) in [7, 11) is 1.71. The molecule has 1 aromatic carbocycles. The van der Waals surface area contributed by atoms with Crippen molar-refractivity contribution in [3.8, 4) is 0 Å². The third-order valence-electron chi connectivity index (χ3n) is 12.6. The zero-order valence-corrected chi connectivity index (χ0v) is 36.3. The van der Waals surface area contributed by atoms with Crippen LogP contribution in [0.5, 0.6) is 0 Å². The van der Waals surface area contributed by atoms with E-state index in [0.29, 0.717) is 70.1 Å². The fourth-order valence-corrected chi connectivity index (χ4v) is 9.07. The molecule has 334 valence electrons. The van der Waals surface area contributed by atoms with E-state index >= 15 is 0 Å². The number of aromatic amines is 1. The number of imide groups is 1. The number of anilines is 1. The number of rotatable bonds is 24. The number of nitrogens with zero attached hydrogens (tertiary/aromatic N) is 6. The second-order valence-electron chi connectivity index (χ2n) is 16.9. The maximum absolute atomic E-state index is 13.0. The van der Waals surface area contributed by atoms with E-state index in [1.54, 1.807) is 11.6 Å². The number of ether oxygens (including phenoxy) is 4. The van der Waals surface area contributed by atoms with Gasteiger partial charge in [0.15, 0.2) is 0 Å². The number of carbonyl (C=O) groups is 2. The summed E-state index contributed by atoms with van der Waals surface area (Å²) in [6, 6.07) is 5.18. The first-order chi connectivity index (χ1) is 29.9. The van der Waals surface area contributed by atoms with Gasteiger partial charge in [-0.15, -0.1) is 0 Å². The van der Waals surface area contributed by atoms with E-state index in [0.717, 1.165) is 94.2 Å². The van der Waals surface area contributed by atoms with Crippen molar-refractivity contribution in [3.05, 3.63) is 52.2 Å². The summed E-state index contributed by atoms with van der Waals surface area (Å²) in [6.07, 6.45) is 13.7. The summed E-state index contributed by atoms with van der Waals surface area (Å²) in [6.45, 7) is 14.3. The molecule has 4 aromatic rings. The Labute approximate surface area is 359 Å². The number of H-pyrrole nitrogens is 1. The molecular formula is C45H67N9O7. The van der Waals surface area contributed by atoms with Gasteiger partial charge >= 0.3 is 5.69 Å². The number of carbonyl (C=O) groups excluding carboxylic acids is 2. The highest BCUT2D eigenvalue weighted by molar-refractivity contribution is 6.00. The van der Waals surface area contributed by atoms with Crippen LogP contribution in [0.4, 0.5) is 5.95 Å². The van der Waals surface area contributed by atoms with Crippen LogP contribution in [0.15, 0.2) is 35.4 Å². The van der Waals surface area contributed by atoms with Crippen LogP contribution in [-0.2, 0) is 42.0 Å². The molecule has 1 aliphatic carbocycles. The minimum atomic E-state index is -0.681. The Morgan fingerprint density at radius 3 is 2.25 bits per heavy atom. The molecular weight excluding hydrogens is 779 g/mol. The zero-order valence-electron chi connectivity index (χ0n) is 36.3. The molecule has 16 heteroatoms. The Morgan fingerprint density at radius 2 is 1.52 bits per heavy atom. The second-order valence-corrected chi connectivity index (χ2v) is 16.9. The Bertz CT molecular complexity index is 2070. The lowest BCUT2D eigenvalue weighted by Crippen LogP contribution is -2.48. The van der Waals surface area contributed by atoms with Crippen LogP contribution in [0.25, 0.3) is 22.1 Å². The minimum absolute atomic E-state index is 0.221. The number of piperazine rings is 1. The molecule has 3 fully saturated rings. The lowest BCUT2D eigenvalue weighted by molar-refractivity contribution is -0.135. The lowest BCUT2D eigenvalue weighted by Gasteiger charge is -2.38. The quantitative estimate of drug-likeness (QED) is 0.0673. The molecule has 3 N–H and O–H groups in total. The van der Waals surface area contributed by atoms with E-state index in [1.807, 2.05) is 24.4 Å². The summed E-state index contributed by atoms with van der Waals surface area (Å²) in [4.78, 5) is 54.9. The van der Waals surface area contributed by atoms with Crippen LogP contribution >= 0.6 is 0 Å². The summed E-state index contributed by atoms with van der Waals surface area (Å²) < 4.78 is 26.0. The number of aromatic nitrogens is 5. The molecule has 1 atom stereocenters. The van der Waals surface area contributed by atoms with Gasteiger partial charge in [0.05, 0.1) is 57.3 Å². The van der Waals surface area contributed by atoms with E-state index in [4.69, 9.17) is 23.9 Å². The molecule has 2 amide bonds. The van der Waals surface area contributed by atoms with Gasteiger partial charge < -0.3 is 34.1 Å². The number of piperidine rings is 1. The normalized spacial score (nSPS) is 20.5. The first-order valence-corrected chi connectivity index (χ1v) is 22.7. The molecule has 0 unspecified atom stereocenters. The van der Waals surface area contributed by atoms with Gasteiger partial charge in [-0.1, -0.05) is 19.4 Å². The van der Waals surface area contributed by atoms with Gasteiger partial charge in [0, 0.05) is 83.7 Å². The fourth-order valence-electron chi connectivity index (χ4n) is 9.07. The predicted molar refractivity (Wildman–Crippen MR) is 235 cm³/mol. The molecule has 3 aromatic heterocycles. The maximum atomic E-state index is 13.0. The minimum Gasteiger partial charge on any atom is -0.379 e. The third kappa shape index (κ3) is 12.3. The highest BCUT2D eigenvalue weighted by Gasteiger charge is 2.31. The molecule has 1 saturated carbocycles. The van der Waals surface area contributed by atoms with Crippen LogP contribution in [-0.4, -0.2) is 144 Å². The summed E-state index contributed by atoms with van der Waals surface area (Å²) in [5, 5.41) is 6.87. The van der Waals surface area contributed by atoms with Gasteiger partial charge in [-0.3, -0.25) is 28.9 Å². The number of fused-ring (bicyclic) bond motifs is 2. The van der Waals surface area contributed by atoms with Crippen molar-refractivity contribution in [2.24, 2.45) is 13.0 Å². The lowest BCUT2D eigenvalue weighted by atomic mass is 9.78. The van der Waals surface area contributed by atoms with Gasteiger partial charge in [0.1, 0.15) is 11.7 Å². The van der Waals surface area contributed by atoms with E-state index in [1.165, 1.54) is 47.7 Å². The van der Waals surface area contributed by atoms with Crippen LogP contribution in [0.2, 0.25) is 0 Å². The van der Waals surface area contributed by atoms with Gasteiger partial charge in [-0.2, -0.15) is 4.98 Å². The van der Waals surface area contributed by atoms with Crippen molar-refractivity contribution in [2.45, 2.75) is 83.1 Å². The molecule has 2 aliphatic heterocycles. The zero-order chi connectivity index (χ0) is 42.4. The van der Waals surface area contributed by atoms with Crippen molar-refractivity contribution < 1.29 is 28.5 Å². The molecule has 5 heterocycles. The smallest absolute Gasteiger partial charge is 0.329 e. The van der Waals surface area contributed by atoms with Crippen molar-refractivity contribution in [1.82, 2.24) is 39.2 Å². The Morgan fingerprint density at radius 1 is 0.820 bits per heavy atom. The number of hydrogen-bond donors (Lipinski definition) is 3. The molecule has 0 bridgehead atoms. The molecule has 0 radical (unpaired) electrons. The number of benzene rings is 1. The first kappa shape index (κ1) is 44.9. The summed E-state index contributed by atoms with van der Waals surface area (Å²) in [5.41, 5.74) is 4.63. The van der Waals surface area contributed by atoms with E-state index in [2.05, 4.69) is 43.5 Å². The number of imidazole rings is 1. The highest BCUT2D eigenvalue weighted by Crippen LogP contribution is 2.39. The molecule has 7 rings (SSSR count). The summed E-state index contributed by atoms with van der Waals surface area (Å²) >= 11 is 0. The van der Waals surface area contributed by atoms with Gasteiger partial charge in [0.25, 0.3) is 0 Å². The number of aryl methyl sites for hydroxylation is 2. The predicted octanol–water partition coefficient (Wildman–Crippen LogP) is 4.39. The van der Waals surface area contributed by atoms with Gasteiger partial charge in [-0.25, -0.2) is 9.78 Å². The Hall–Kier alpha value is -4.19. The van der Waals surface area contributed by atoms with E-state index < -0.39 is 11.9 Å². The molecule has 3 aliphatic rings. The van der Waals surface area contributed by atoms with Crippen LogP contribution < -0.4 is 16.3 Å². The summed E-state index contributed by atoms with van der Waals surface area (Å²) in [5.74, 6) is 1.36. The average Bonchev–Trinajstić information content (AvgIpc) is 3.80. The fraction of sp³-hybridized carbons (Fsp3) is 0.667. The SMILES string of the molecule is CCCCNc1ncc2c(n1)[nH]cc2[C@H]1CC[C@@H](CN2CCN(CCOCCOCCOCCOCCCc3ccc4c(c3)n(C)c(=O)n4[C@H]3CCC(=O)NC3=O)CC2)CC1. The number of amides is 2. The molecule has 61 heavy (non-hydrogen) atoms. The third-order valence-corrected chi connectivity index (χ3v) is 12.6. The van der Waals surface area contributed by atoms with Crippen LogP contribution in [0.1, 0.15) is 87.8 Å². The van der Waals surface area contributed by atoms with Crippen molar-refractivity contribution in [2.75, 3.05) is 104 Å². The van der Waals surface area contributed by atoms with Crippen molar-refractivity contribution >= 4 is 39.8 Å². The first-order valence-electron chi connectivity index (χ1n) is 22.7. The van der Waals surface area contributed by atoms with Crippen molar-refractivity contribution in [3.63, 3.8) is 0 Å². The number of unbranched alkanes of at least 4 members (excludes halogenated alkanes) is 1. The molecule has 2 saturated heterocycles. The van der Waals surface area contributed by atoms with Crippen LogP contribution in [0.3, 0.4) is 0 Å². The Kier molecular flexibility index (Phi) is 16.7. The molecule has 16 nitrogen and oxygen atoms in total. The van der Waals surface area contributed by atoms with Crippen LogP contribution in [0, 0.1) is 5.92 Å². The number of nitrogens with one attached hydrogen (secondary N) is 3. The molecule has 0 spiro atoms. The van der Waals surface area contributed by atoms with E-state index in [9.17, 15) is 14.4 Å². The second kappa shape index (κ2) is 22.8. The van der Waals surface area contributed by atoms with E-state index in [-0.39, 0.29) is 18.0 Å². The Balaban J connectivity index is 0.657.